The summed E-state index contributed by atoms with van der Waals surface area (Å²) in [6.45, 7) is 5.06. The Labute approximate surface area is 177 Å². The number of carbonyl (C=O) groups is 2. The summed E-state index contributed by atoms with van der Waals surface area (Å²) in [6, 6.07) is 6.19. The van der Waals surface area contributed by atoms with Crippen LogP contribution in [0.4, 0.5) is 0 Å². The Morgan fingerprint density at radius 3 is 2.77 bits per heavy atom. The number of rotatable bonds is 6. The van der Waals surface area contributed by atoms with Crippen LogP contribution >= 0.6 is 0 Å². The van der Waals surface area contributed by atoms with E-state index >= 15 is 0 Å². The van der Waals surface area contributed by atoms with E-state index in [4.69, 9.17) is 14.2 Å². The largest absolute Gasteiger partial charge is 0.493 e. The molecule has 8 heteroatoms. The van der Waals surface area contributed by atoms with Crippen molar-refractivity contribution in [3.8, 4) is 11.5 Å². The zero-order chi connectivity index (χ0) is 21.1. The molecule has 1 aromatic carbocycles. The summed E-state index contributed by atoms with van der Waals surface area (Å²) < 4.78 is 16.5. The van der Waals surface area contributed by atoms with Crippen molar-refractivity contribution in [2.24, 2.45) is 5.92 Å². The smallest absolute Gasteiger partial charge is 0.260 e. The molecule has 0 spiro atoms. The monoisotopic (exact) mass is 417 g/mol. The molecule has 3 aliphatic rings. The van der Waals surface area contributed by atoms with E-state index in [1.807, 2.05) is 30.1 Å². The molecule has 0 aliphatic carbocycles. The van der Waals surface area contributed by atoms with Crippen LogP contribution in [0.5, 0.6) is 11.5 Å². The minimum atomic E-state index is -0.0393. The van der Waals surface area contributed by atoms with Gasteiger partial charge in [-0.1, -0.05) is 6.07 Å². The Morgan fingerprint density at radius 2 is 2.00 bits per heavy atom. The molecule has 0 saturated carbocycles. The molecule has 3 heterocycles. The first-order valence-corrected chi connectivity index (χ1v) is 10.7. The van der Waals surface area contributed by atoms with Crippen LogP contribution in [0.1, 0.15) is 18.4 Å². The van der Waals surface area contributed by atoms with Crippen LogP contribution in [0.25, 0.3) is 0 Å². The lowest BCUT2D eigenvalue weighted by Gasteiger charge is -2.37. The third kappa shape index (κ3) is 4.54. The van der Waals surface area contributed by atoms with Gasteiger partial charge >= 0.3 is 0 Å². The SMILES string of the molecule is COc1cc(CN2CC[C@@H]3CC(=O)N(C)[C@@H]3C2)ccc1OCC(=O)N1CCOCC1. The Balaban J connectivity index is 1.34. The maximum atomic E-state index is 12.3. The summed E-state index contributed by atoms with van der Waals surface area (Å²) in [6.07, 6.45) is 1.75. The number of carbonyl (C=O) groups excluding carboxylic acids is 2. The van der Waals surface area contributed by atoms with Gasteiger partial charge in [0.15, 0.2) is 18.1 Å². The topological polar surface area (TPSA) is 71.6 Å². The Bertz CT molecular complexity index is 780. The Hall–Kier alpha value is -2.32. The molecular formula is C22H31N3O5. The van der Waals surface area contributed by atoms with Crippen LogP contribution < -0.4 is 9.47 Å². The number of morpholine rings is 1. The van der Waals surface area contributed by atoms with E-state index in [2.05, 4.69) is 4.90 Å². The van der Waals surface area contributed by atoms with E-state index in [0.717, 1.165) is 31.6 Å². The molecule has 0 bridgehead atoms. The zero-order valence-corrected chi connectivity index (χ0v) is 17.8. The van der Waals surface area contributed by atoms with Crippen LogP contribution in [0, 0.1) is 5.92 Å². The lowest BCUT2D eigenvalue weighted by atomic mass is 9.92. The number of piperidine rings is 1. The van der Waals surface area contributed by atoms with Crippen molar-refractivity contribution in [3.63, 3.8) is 0 Å². The first kappa shape index (κ1) is 20.9. The highest BCUT2D eigenvalue weighted by Gasteiger charge is 2.40. The van der Waals surface area contributed by atoms with Crippen molar-refractivity contribution in [2.45, 2.75) is 25.4 Å². The molecule has 1 aromatic rings. The lowest BCUT2D eigenvalue weighted by Crippen LogP contribution is -2.47. The molecule has 3 fully saturated rings. The van der Waals surface area contributed by atoms with E-state index in [1.165, 1.54) is 0 Å². The van der Waals surface area contributed by atoms with Gasteiger partial charge in [-0.3, -0.25) is 14.5 Å². The van der Waals surface area contributed by atoms with Crippen LogP contribution in [0.15, 0.2) is 18.2 Å². The predicted molar refractivity (Wildman–Crippen MR) is 110 cm³/mol. The third-order valence-electron chi connectivity index (χ3n) is 6.48. The standard InChI is InChI=1S/C22H31N3O5/c1-23-18-14-24(6-5-17(18)12-21(23)26)13-16-3-4-19(20(11-16)28-2)30-15-22(27)25-7-9-29-10-8-25/h3-4,11,17-18H,5-10,12-15H2,1-2H3/t17-,18-/m1/s1. The molecule has 4 rings (SSSR count). The molecular weight excluding hydrogens is 386 g/mol. The van der Waals surface area contributed by atoms with Gasteiger partial charge in [-0.25, -0.2) is 0 Å². The van der Waals surface area contributed by atoms with E-state index in [9.17, 15) is 9.59 Å². The molecule has 0 unspecified atom stereocenters. The summed E-state index contributed by atoms with van der Waals surface area (Å²) >= 11 is 0. The number of fused-ring (bicyclic) bond motifs is 1. The fourth-order valence-corrected chi connectivity index (χ4v) is 4.65. The summed E-state index contributed by atoms with van der Waals surface area (Å²) in [4.78, 5) is 30.4. The van der Waals surface area contributed by atoms with Gasteiger partial charge in [0.2, 0.25) is 5.91 Å². The molecule has 3 saturated heterocycles. The Morgan fingerprint density at radius 1 is 1.20 bits per heavy atom. The highest BCUT2D eigenvalue weighted by molar-refractivity contribution is 5.79. The predicted octanol–water partition coefficient (Wildman–Crippen LogP) is 0.985. The van der Waals surface area contributed by atoms with Crippen molar-refractivity contribution in [3.05, 3.63) is 23.8 Å². The number of hydrogen-bond donors (Lipinski definition) is 0. The fourth-order valence-electron chi connectivity index (χ4n) is 4.65. The fraction of sp³-hybridized carbons (Fsp3) is 0.636. The molecule has 164 valence electrons. The second-order valence-corrected chi connectivity index (χ2v) is 8.33. The number of likely N-dealkylation sites (N-methyl/N-ethyl adjacent to an activating group) is 1. The van der Waals surface area contributed by atoms with Crippen molar-refractivity contribution >= 4 is 11.8 Å². The number of amides is 2. The number of benzene rings is 1. The van der Waals surface area contributed by atoms with Crippen LogP contribution in [0.2, 0.25) is 0 Å². The zero-order valence-electron chi connectivity index (χ0n) is 17.8. The minimum Gasteiger partial charge on any atom is -0.493 e. The van der Waals surface area contributed by atoms with Crippen molar-refractivity contribution in [1.82, 2.24) is 14.7 Å². The molecule has 0 N–H and O–H groups in total. The van der Waals surface area contributed by atoms with Gasteiger partial charge in [0.1, 0.15) is 0 Å². The second kappa shape index (κ2) is 9.22. The van der Waals surface area contributed by atoms with Crippen LogP contribution in [-0.2, 0) is 20.9 Å². The summed E-state index contributed by atoms with van der Waals surface area (Å²) in [7, 11) is 3.53. The first-order chi connectivity index (χ1) is 14.5. The van der Waals surface area contributed by atoms with Crippen molar-refractivity contribution in [2.75, 3.05) is 60.2 Å². The van der Waals surface area contributed by atoms with E-state index in [-0.39, 0.29) is 18.4 Å². The Kier molecular flexibility index (Phi) is 6.43. The van der Waals surface area contributed by atoms with E-state index in [0.29, 0.717) is 56.2 Å². The number of ether oxygens (including phenoxy) is 3. The second-order valence-electron chi connectivity index (χ2n) is 8.33. The summed E-state index contributed by atoms with van der Waals surface area (Å²) in [5, 5.41) is 0. The van der Waals surface area contributed by atoms with Crippen molar-refractivity contribution < 1.29 is 23.8 Å². The number of nitrogens with zero attached hydrogens (tertiary/aromatic N) is 3. The van der Waals surface area contributed by atoms with Gasteiger partial charge in [-0.05, 0) is 36.6 Å². The number of hydrogen-bond acceptors (Lipinski definition) is 6. The van der Waals surface area contributed by atoms with Gasteiger partial charge in [0.05, 0.1) is 20.3 Å². The molecule has 0 radical (unpaired) electrons. The number of likely N-dealkylation sites (tertiary alicyclic amines) is 2. The average Bonchev–Trinajstić information content (AvgIpc) is 3.06. The van der Waals surface area contributed by atoms with Gasteiger partial charge in [-0.2, -0.15) is 0 Å². The van der Waals surface area contributed by atoms with E-state index in [1.54, 1.807) is 12.0 Å². The average molecular weight is 418 g/mol. The molecule has 30 heavy (non-hydrogen) atoms. The molecule has 2 atom stereocenters. The van der Waals surface area contributed by atoms with Crippen molar-refractivity contribution in [1.29, 1.82) is 0 Å². The molecule has 0 aromatic heterocycles. The van der Waals surface area contributed by atoms with Gasteiger partial charge in [0, 0.05) is 45.7 Å². The van der Waals surface area contributed by atoms with Gasteiger partial charge < -0.3 is 24.0 Å². The number of methoxy groups -OCH3 is 1. The molecule has 3 aliphatic heterocycles. The highest BCUT2D eigenvalue weighted by atomic mass is 16.5. The van der Waals surface area contributed by atoms with E-state index < -0.39 is 0 Å². The van der Waals surface area contributed by atoms with Crippen LogP contribution in [-0.4, -0.2) is 92.7 Å². The molecule has 2 amide bonds. The highest BCUT2D eigenvalue weighted by Crippen LogP contribution is 2.33. The minimum absolute atomic E-state index is 0.00867. The quantitative estimate of drug-likeness (QED) is 0.687. The first-order valence-electron chi connectivity index (χ1n) is 10.7. The third-order valence-corrected chi connectivity index (χ3v) is 6.48. The van der Waals surface area contributed by atoms with Gasteiger partial charge in [-0.15, -0.1) is 0 Å². The maximum absolute atomic E-state index is 12.3. The normalized spacial score (nSPS) is 24.7. The maximum Gasteiger partial charge on any atom is 0.260 e. The van der Waals surface area contributed by atoms with Gasteiger partial charge in [0.25, 0.3) is 5.91 Å². The summed E-state index contributed by atoms with van der Waals surface area (Å²) in [5.41, 5.74) is 1.13. The van der Waals surface area contributed by atoms with Crippen LogP contribution in [0.3, 0.4) is 0 Å². The lowest BCUT2D eigenvalue weighted by molar-refractivity contribution is -0.137. The summed E-state index contributed by atoms with van der Waals surface area (Å²) in [5.74, 6) is 1.92. The molecule has 8 nitrogen and oxygen atoms in total.